The maximum Gasteiger partial charge on any atom is 0.320 e. The van der Waals surface area contributed by atoms with Crippen molar-refractivity contribution in [1.82, 2.24) is 15.1 Å². The monoisotopic (exact) mass is 289 g/mol. The molecule has 0 N–H and O–H groups in total. The van der Waals surface area contributed by atoms with Crippen molar-refractivity contribution in [1.29, 1.82) is 0 Å². The van der Waals surface area contributed by atoms with Crippen LogP contribution in [0, 0.1) is 6.92 Å². The molecule has 0 amide bonds. The highest BCUT2D eigenvalue weighted by atomic mass is 16.5. The maximum atomic E-state index is 11.7. The van der Waals surface area contributed by atoms with E-state index < -0.39 is 0 Å². The van der Waals surface area contributed by atoms with E-state index >= 15 is 0 Å². The number of carbonyl (C=O) groups is 1. The fourth-order valence-electron chi connectivity index (χ4n) is 1.99. The van der Waals surface area contributed by atoms with Crippen LogP contribution in [0.5, 0.6) is 0 Å². The summed E-state index contributed by atoms with van der Waals surface area (Å²) in [5, 5.41) is 7.77. The Balaban J connectivity index is 2.04. The molecule has 112 valence electrons. The van der Waals surface area contributed by atoms with Crippen molar-refractivity contribution >= 4 is 5.97 Å². The van der Waals surface area contributed by atoms with Crippen molar-refractivity contribution in [3.63, 3.8) is 0 Å². The van der Waals surface area contributed by atoms with Crippen LogP contribution >= 0.6 is 0 Å². The second-order valence-electron chi connectivity index (χ2n) is 4.65. The van der Waals surface area contributed by atoms with Crippen LogP contribution in [0.25, 0.3) is 0 Å². The summed E-state index contributed by atoms with van der Waals surface area (Å²) in [6.45, 7) is 5.11. The Bertz CT molecular complexity index is 569. The Morgan fingerprint density at radius 1 is 1.24 bits per heavy atom. The molecule has 0 radical (unpaired) electrons. The minimum Gasteiger partial charge on any atom is -0.465 e. The summed E-state index contributed by atoms with van der Waals surface area (Å²) in [6, 6.07) is 9.92. The van der Waals surface area contributed by atoms with Crippen molar-refractivity contribution in [2.24, 2.45) is 0 Å². The zero-order valence-electron chi connectivity index (χ0n) is 12.3. The molecule has 0 aliphatic carbocycles. The second kappa shape index (κ2) is 7.54. The van der Waals surface area contributed by atoms with Gasteiger partial charge in [-0.05, 0) is 12.5 Å². The predicted octanol–water partition coefficient (Wildman–Crippen LogP) is 1.94. The summed E-state index contributed by atoms with van der Waals surface area (Å²) < 4.78 is 10.4. The van der Waals surface area contributed by atoms with Crippen LogP contribution in [0.4, 0.5) is 0 Å². The third-order valence-electron chi connectivity index (χ3n) is 2.83. The van der Waals surface area contributed by atoms with Crippen molar-refractivity contribution in [3.8, 4) is 0 Å². The van der Waals surface area contributed by atoms with Gasteiger partial charge in [0.25, 0.3) is 0 Å². The summed E-state index contributed by atoms with van der Waals surface area (Å²) in [5.74, 6) is 0.748. The van der Waals surface area contributed by atoms with Gasteiger partial charge in [-0.25, -0.2) is 0 Å². The number of aryl methyl sites for hydroxylation is 1. The molecular formula is C15H19N3O3. The van der Waals surface area contributed by atoms with E-state index in [2.05, 4.69) is 10.2 Å². The lowest BCUT2D eigenvalue weighted by atomic mass is 10.2. The van der Waals surface area contributed by atoms with Crippen molar-refractivity contribution < 1.29 is 13.9 Å². The summed E-state index contributed by atoms with van der Waals surface area (Å²) in [7, 11) is 0. The SMILES string of the molecule is CCOC(=O)CN(Cc1ccccc1)Cc1nnc(C)o1. The first-order valence-corrected chi connectivity index (χ1v) is 6.88. The van der Waals surface area contributed by atoms with E-state index in [0.29, 0.717) is 31.5 Å². The molecule has 0 aliphatic rings. The minimum absolute atomic E-state index is 0.185. The van der Waals surface area contributed by atoms with Crippen LogP contribution in [-0.2, 0) is 22.6 Å². The lowest BCUT2D eigenvalue weighted by molar-refractivity contribution is -0.144. The van der Waals surface area contributed by atoms with Gasteiger partial charge in [0.15, 0.2) is 0 Å². The average Bonchev–Trinajstić information content (AvgIpc) is 2.85. The molecule has 0 saturated carbocycles. The van der Waals surface area contributed by atoms with Crippen molar-refractivity contribution in [2.45, 2.75) is 26.9 Å². The molecular weight excluding hydrogens is 270 g/mol. The first-order chi connectivity index (χ1) is 10.2. The van der Waals surface area contributed by atoms with Gasteiger partial charge >= 0.3 is 5.97 Å². The number of hydrogen-bond acceptors (Lipinski definition) is 6. The Morgan fingerprint density at radius 3 is 2.62 bits per heavy atom. The van der Waals surface area contributed by atoms with Gasteiger partial charge in [-0.2, -0.15) is 0 Å². The van der Waals surface area contributed by atoms with E-state index in [9.17, 15) is 4.79 Å². The average molecular weight is 289 g/mol. The number of rotatable bonds is 7. The number of aromatic nitrogens is 2. The first kappa shape index (κ1) is 15.2. The molecule has 0 saturated heterocycles. The fourth-order valence-corrected chi connectivity index (χ4v) is 1.99. The predicted molar refractivity (Wildman–Crippen MR) is 76.2 cm³/mol. The van der Waals surface area contributed by atoms with E-state index in [1.807, 2.05) is 35.2 Å². The van der Waals surface area contributed by atoms with E-state index in [0.717, 1.165) is 5.56 Å². The maximum absolute atomic E-state index is 11.7. The molecule has 21 heavy (non-hydrogen) atoms. The number of carbonyl (C=O) groups excluding carboxylic acids is 1. The Labute approximate surface area is 123 Å². The molecule has 1 aromatic heterocycles. The largest absolute Gasteiger partial charge is 0.465 e. The van der Waals surface area contributed by atoms with Crippen molar-refractivity contribution in [3.05, 3.63) is 47.7 Å². The van der Waals surface area contributed by atoms with Gasteiger partial charge in [-0.1, -0.05) is 30.3 Å². The van der Waals surface area contributed by atoms with Gasteiger partial charge in [-0.15, -0.1) is 10.2 Å². The quantitative estimate of drug-likeness (QED) is 0.726. The van der Waals surface area contributed by atoms with Gasteiger partial charge in [0, 0.05) is 13.5 Å². The molecule has 0 aliphatic heterocycles. The van der Waals surface area contributed by atoms with Gasteiger partial charge in [0.05, 0.1) is 19.7 Å². The zero-order valence-corrected chi connectivity index (χ0v) is 12.3. The highest BCUT2D eigenvalue weighted by Crippen LogP contribution is 2.09. The minimum atomic E-state index is -0.260. The van der Waals surface area contributed by atoms with E-state index in [1.54, 1.807) is 13.8 Å². The molecule has 0 unspecified atom stereocenters. The highest BCUT2D eigenvalue weighted by Gasteiger charge is 2.15. The lowest BCUT2D eigenvalue weighted by Gasteiger charge is -2.19. The van der Waals surface area contributed by atoms with Crippen LogP contribution in [0.2, 0.25) is 0 Å². The van der Waals surface area contributed by atoms with Crippen LogP contribution in [-0.4, -0.2) is 34.2 Å². The zero-order chi connectivity index (χ0) is 15.1. The molecule has 1 heterocycles. The Kier molecular flexibility index (Phi) is 5.45. The highest BCUT2D eigenvalue weighted by molar-refractivity contribution is 5.71. The third-order valence-corrected chi connectivity index (χ3v) is 2.83. The summed E-state index contributed by atoms with van der Waals surface area (Å²) in [6.07, 6.45) is 0. The normalized spacial score (nSPS) is 10.8. The molecule has 0 spiro atoms. The van der Waals surface area contributed by atoms with E-state index in [-0.39, 0.29) is 12.5 Å². The van der Waals surface area contributed by atoms with Crippen LogP contribution in [0.1, 0.15) is 24.3 Å². The van der Waals surface area contributed by atoms with E-state index in [4.69, 9.17) is 9.15 Å². The molecule has 2 rings (SSSR count). The van der Waals surface area contributed by atoms with Crippen LogP contribution in [0.3, 0.4) is 0 Å². The molecule has 6 heteroatoms. The number of esters is 1. The van der Waals surface area contributed by atoms with Gasteiger partial charge in [-0.3, -0.25) is 9.69 Å². The number of nitrogens with zero attached hydrogens (tertiary/aromatic N) is 3. The molecule has 0 fully saturated rings. The standard InChI is InChI=1S/C15H19N3O3/c1-3-20-15(19)11-18(9-13-7-5-4-6-8-13)10-14-17-16-12(2)21-14/h4-8H,3,9-11H2,1-2H3. The Morgan fingerprint density at radius 2 is 2.00 bits per heavy atom. The topological polar surface area (TPSA) is 68.5 Å². The summed E-state index contributed by atoms with van der Waals surface area (Å²) in [4.78, 5) is 13.6. The number of benzene rings is 1. The smallest absolute Gasteiger partial charge is 0.320 e. The third kappa shape index (κ3) is 5.00. The molecule has 0 bridgehead atoms. The number of hydrogen-bond donors (Lipinski definition) is 0. The van der Waals surface area contributed by atoms with Crippen molar-refractivity contribution in [2.75, 3.05) is 13.2 Å². The summed E-state index contributed by atoms with van der Waals surface area (Å²) in [5.41, 5.74) is 1.11. The first-order valence-electron chi connectivity index (χ1n) is 6.88. The van der Waals surface area contributed by atoms with Crippen LogP contribution in [0.15, 0.2) is 34.7 Å². The fraction of sp³-hybridized carbons (Fsp3) is 0.400. The molecule has 6 nitrogen and oxygen atoms in total. The second-order valence-corrected chi connectivity index (χ2v) is 4.65. The van der Waals surface area contributed by atoms with Crippen LogP contribution < -0.4 is 0 Å². The molecule has 0 atom stereocenters. The summed E-state index contributed by atoms with van der Waals surface area (Å²) >= 11 is 0. The molecule has 1 aromatic carbocycles. The van der Waals surface area contributed by atoms with Gasteiger partial charge in [0.1, 0.15) is 0 Å². The number of ether oxygens (including phenoxy) is 1. The Hall–Kier alpha value is -2.21. The lowest BCUT2D eigenvalue weighted by Crippen LogP contribution is -2.30. The van der Waals surface area contributed by atoms with Gasteiger partial charge in [0.2, 0.25) is 11.8 Å². The van der Waals surface area contributed by atoms with E-state index in [1.165, 1.54) is 0 Å². The molecule has 2 aromatic rings. The van der Waals surface area contributed by atoms with Gasteiger partial charge < -0.3 is 9.15 Å².